The zero-order chi connectivity index (χ0) is 46.2. The van der Waals surface area contributed by atoms with E-state index >= 15 is 0 Å². The molecule has 0 aliphatic carbocycles. The van der Waals surface area contributed by atoms with Gasteiger partial charge in [-0.05, 0) is 41.9 Å². The minimum absolute atomic E-state index is 0. The third-order valence-corrected chi connectivity index (χ3v) is 9.80. The first-order chi connectivity index (χ1) is 29.7. The fourth-order valence-corrected chi connectivity index (χ4v) is 6.63. The van der Waals surface area contributed by atoms with Gasteiger partial charge in [0.05, 0.1) is 11.4 Å². The summed E-state index contributed by atoms with van der Waals surface area (Å²) in [5, 5.41) is 20.5. The van der Waals surface area contributed by atoms with Crippen molar-refractivity contribution in [2.75, 3.05) is 27.2 Å². The van der Waals surface area contributed by atoms with Crippen LogP contribution in [0, 0.1) is 43.6 Å². The number of aryl methyl sites for hydroxylation is 2. The second kappa shape index (κ2) is 22.0. The van der Waals surface area contributed by atoms with E-state index in [1.165, 1.54) is 9.80 Å². The van der Waals surface area contributed by atoms with Gasteiger partial charge in [-0.15, -0.1) is 5.92 Å². The number of hydrogen-bond acceptors (Lipinski definition) is 10. The Morgan fingerprint density at radius 3 is 1.75 bits per heavy atom. The third kappa shape index (κ3) is 12.9. The molecule has 0 bridgehead atoms. The Hall–Kier alpha value is -5.43. The van der Waals surface area contributed by atoms with Gasteiger partial charge in [0, 0.05) is 75.9 Å². The van der Waals surface area contributed by atoms with Crippen molar-refractivity contribution in [1.29, 1.82) is 0 Å². The fourth-order valence-electron chi connectivity index (χ4n) is 6.14. The van der Waals surface area contributed by atoms with Crippen LogP contribution in [0.2, 0.25) is 0 Å². The molecule has 324 valence electrons. The number of halogens is 4. The first-order valence-electron chi connectivity index (χ1n) is 18.7. The Balaban J connectivity index is 0.000000217. The second-order valence-electron chi connectivity index (χ2n) is 14.1. The van der Waals surface area contributed by atoms with Crippen LogP contribution < -0.4 is 62.9 Å². The van der Waals surface area contributed by atoms with E-state index in [4.69, 9.17) is 11.5 Å². The van der Waals surface area contributed by atoms with Gasteiger partial charge in [-0.25, -0.2) is 19.9 Å². The first kappa shape index (κ1) is 51.2. The second-order valence-corrected chi connectivity index (χ2v) is 14.9. The first-order valence-corrected chi connectivity index (χ1v) is 19.5. The Morgan fingerprint density at radius 1 is 0.781 bits per heavy atom. The Kier molecular flexibility index (Phi) is 17.6. The van der Waals surface area contributed by atoms with Gasteiger partial charge < -0.3 is 40.3 Å². The number of rotatable bonds is 3. The molecule has 2 aliphatic rings. The summed E-state index contributed by atoms with van der Waals surface area (Å²) in [5.41, 5.74) is 13.1. The molecule has 6 heterocycles. The van der Waals surface area contributed by atoms with E-state index in [1.807, 2.05) is 32.0 Å². The van der Waals surface area contributed by atoms with Crippen molar-refractivity contribution in [2.24, 2.45) is 11.5 Å². The van der Waals surface area contributed by atoms with E-state index in [2.05, 4.69) is 65.6 Å². The van der Waals surface area contributed by atoms with E-state index in [1.54, 1.807) is 78.0 Å². The third-order valence-electron chi connectivity index (χ3n) is 9.27. The van der Waals surface area contributed by atoms with E-state index in [-0.39, 0.29) is 75.1 Å². The van der Waals surface area contributed by atoms with Gasteiger partial charge >= 0.3 is 58.9 Å². The molecule has 4 amide bonds. The number of fused-ring (bicyclic) bond motifs is 2. The average Bonchev–Trinajstić information content (AvgIpc) is 3.97. The van der Waals surface area contributed by atoms with Crippen LogP contribution in [0.1, 0.15) is 56.3 Å². The van der Waals surface area contributed by atoms with Gasteiger partial charge in [-0.2, -0.15) is 30.3 Å². The number of imidazole rings is 2. The molecule has 6 N–H and O–H groups in total. The van der Waals surface area contributed by atoms with Crippen LogP contribution in [0.15, 0.2) is 77.9 Å². The maximum atomic E-state index is 12.1. The molecule has 22 heteroatoms. The molecule has 16 nitrogen and oxygen atoms in total. The standard InChI is InChI=1S/C21H19N5O3.C13H12NO2.C8H7BrN4O.BF3.K/c1-13-11-26-12-16(18(22)27)24-17(19(26)23-13)15-5-3-4-14(10-15)6-7-21(29)8-9-25(2)20(21)28;1-14-10-9-13(16,12(14)15)8-7-11-5-3-2-4-6-11;1-4-2-13-3-5(7(10)14)12-6(9)8(13)11-4;2-1(3)4;/h3-5,10-12,29H,8-9H2,1-2H3,(H2,22,27);2-3,5-6,16H,9-10H2,1H3;2-3H,1H3,(H2,10,14);;/q;-1;;;+1/t21-;13-;;;/m00.../s1. The van der Waals surface area contributed by atoms with Crippen LogP contribution in [0.5, 0.6) is 0 Å². The normalized spacial score (nSPS) is 17.3. The van der Waals surface area contributed by atoms with Crippen molar-refractivity contribution in [3.05, 3.63) is 118 Å². The maximum absolute atomic E-state index is 12.1. The molecule has 6 aromatic rings. The molecule has 2 aromatic carbocycles. The summed E-state index contributed by atoms with van der Waals surface area (Å²) in [6.45, 7) is 4.72. The molecule has 0 unspecified atom stereocenters. The average molecular weight is 966 g/mol. The van der Waals surface area contributed by atoms with Crippen molar-refractivity contribution < 1.29 is 93.7 Å². The summed E-state index contributed by atoms with van der Waals surface area (Å²) in [5.74, 6) is 9.13. The monoisotopic (exact) mass is 964 g/mol. The van der Waals surface area contributed by atoms with Gasteiger partial charge in [0.1, 0.15) is 21.7 Å². The molecule has 64 heavy (non-hydrogen) atoms. The van der Waals surface area contributed by atoms with Gasteiger partial charge in [0.15, 0.2) is 11.3 Å². The SMILES string of the molecule is CN1CC[C@@](O)(C#Cc2c[c-]ccc2)C1=O.Cc1cn2cc(C(N)=O)nc(-c3cccc(C#C[C@]4(O)CCN(C)C4=O)c3)c2n1.Cc1cn2cc(C(N)=O)nc(Br)c2n1.FB(F)F.[K+]. The van der Waals surface area contributed by atoms with Crippen LogP contribution in [-0.4, -0.2) is 118 Å². The van der Waals surface area contributed by atoms with Crippen LogP contribution in [0.3, 0.4) is 0 Å². The van der Waals surface area contributed by atoms with E-state index < -0.39 is 36.5 Å². The topological polar surface area (TPSA) is 228 Å². The minimum atomic E-state index is -3.67. The zero-order valence-corrected chi connectivity index (χ0v) is 39.8. The summed E-state index contributed by atoms with van der Waals surface area (Å²) >= 11 is 3.23. The van der Waals surface area contributed by atoms with Gasteiger partial charge in [-0.3, -0.25) is 32.1 Å². The number of aliphatic hydroxyl groups is 2. The molecule has 2 fully saturated rings. The van der Waals surface area contributed by atoms with Crippen LogP contribution in [0.25, 0.3) is 22.6 Å². The predicted octanol–water partition coefficient (Wildman–Crippen LogP) is -0.0373. The van der Waals surface area contributed by atoms with Gasteiger partial charge in [-0.1, -0.05) is 35.5 Å². The number of aromatic nitrogens is 6. The summed E-state index contributed by atoms with van der Waals surface area (Å²) < 4.78 is 32.9. The molecule has 2 atom stereocenters. The predicted molar refractivity (Wildman–Crippen MR) is 228 cm³/mol. The summed E-state index contributed by atoms with van der Waals surface area (Å²) in [4.78, 5) is 66.3. The number of carbonyl (C=O) groups excluding carboxylic acids is 4. The molecule has 0 spiro atoms. The van der Waals surface area contributed by atoms with E-state index in [0.717, 1.165) is 17.0 Å². The largest absolute Gasteiger partial charge is 1.00 e. The van der Waals surface area contributed by atoms with E-state index in [0.29, 0.717) is 52.2 Å². The number of likely N-dealkylation sites (tertiary alicyclic amines) is 2. The maximum Gasteiger partial charge on any atom is 1.00 e. The number of benzene rings is 2. The van der Waals surface area contributed by atoms with Crippen molar-refractivity contribution in [2.45, 2.75) is 37.9 Å². The Morgan fingerprint density at radius 2 is 1.27 bits per heavy atom. The number of nitrogens with zero attached hydrogens (tertiary/aromatic N) is 8. The summed E-state index contributed by atoms with van der Waals surface area (Å²) in [6, 6.07) is 17.2. The number of nitrogens with two attached hydrogens (primary N) is 2. The molecule has 4 aromatic heterocycles. The van der Waals surface area contributed by atoms with Gasteiger partial charge in [0.2, 0.25) is 11.2 Å². The number of carbonyl (C=O) groups is 4. The quantitative estimate of drug-likeness (QED) is 0.105. The van der Waals surface area contributed by atoms with Crippen molar-refractivity contribution in [3.63, 3.8) is 0 Å². The molecule has 2 saturated heterocycles. The van der Waals surface area contributed by atoms with Crippen LogP contribution in [0.4, 0.5) is 12.9 Å². The van der Waals surface area contributed by atoms with Crippen LogP contribution in [-0.2, 0) is 9.59 Å². The number of amides is 4. The number of likely N-dealkylation sites (N-methyl/N-ethyl adjacent to an activating group) is 2. The molecular formula is C42H38BBrF3KN10O6. The molecule has 0 radical (unpaired) electrons. The molecular weight excluding hydrogens is 927 g/mol. The molecule has 0 saturated carbocycles. The van der Waals surface area contributed by atoms with Crippen molar-refractivity contribution >= 4 is 58.4 Å². The van der Waals surface area contributed by atoms with Crippen LogP contribution >= 0.6 is 15.9 Å². The summed E-state index contributed by atoms with van der Waals surface area (Å²) in [7, 11) is -0.365. The smallest absolute Gasteiger partial charge is 0.369 e. The Bertz CT molecular complexity index is 2850. The minimum Gasteiger partial charge on any atom is -0.369 e. The summed E-state index contributed by atoms with van der Waals surface area (Å²) in [6.07, 6.45) is 7.32. The number of hydrogen-bond donors (Lipinski definition) is 4. The fraction of sp³-hybridized carbons (Fsp3) is 0.238. The molecule has 8 rings (SSSR count). The van der Waals surface area contributed by atoms with Crippen molar-refractivity contribution in [3.8, 4) is 34.9 Å². The molecule has 2 aliphatic heterocycles. The Labute approximate surface area is 416 Å². The van der Waals surface area contributed by atoms with Crippen molar-refractivity contribution in [1.82, 2.24) is 38.5 Å². The number of primary amides is 2. The van der Waals surface area contributed by atoms with E-state index in [9.17, 15) is 42.3 Å². The zero-order valence-electron chi connectivity index (χ0n) is 35.1. The van der Waals surface area contributed by atoms with Gasteiger partial charge in [0.25, 0.3) is 23.6 Å².